The molecule has 1 N–H and O–H groups in total. The smallest absolute Gasteiger partial charge is 0.193 e. The van der Waals surface area contributed by atoms with E-state index in [2.05, 4.69) is 41.1 Å². The lowest BCUT2D eigenvalue weighted by Gasteiger charge is -2.34. The van der Waals surface area contributed by atoms with Gasteiger partial charge < -0.3 is 14.6 Å². The number of likely N-dealkylation sites (N-methyl/N-ethyl adjacent to an activating group) is 1. The van der Waals surface area contributed by atoms with E-state index < -0.39 is 0 Å². The normalized spacial score (nSPS) is 20.7. The highest BCUT2D eigenvalue weighted by Crippen LogP contribution is 2.19. The number of aliphatic imine (C=N–C) groups is 1. The van der Waals surface area contributed by atoms with Gasteiger partial charge in [0.1, 0.15) is 5.76 Å². The molecule has 6 heteroatoms. The molecular formula is C16H29IN4O. The lowest BCUT2D eigenvalue weighted by atomic mass is 10.0. The first-order valence-corrected chi connectivity index (χ1v) is 7.77. The molecule has 1 saturated heterocycles. The molecule has 5 nitrogen and oxygen atoms in total. The highest BCUT2D eigenvalue weighted by atomic mass is 127. The second kappa shape index (κ2) is 9.39. The summed E-state index contributed by atoms with van der Waals surface area (Å²) >= 11 is 0. The summed E-state index contributed by atoms with van der Waals surface area (Å²) in [7, 11) is 6.00. The number of furan rings is 1. The van der Waals surface area contributed by atoms with Crippen LogP contribution in [0, 0.1) is 5.92 Å². The van der Waals surface area contributed by atoms with Gasteiger partial charge in [0.05, 0.1) is 12.3 Å². The molecule has 1 aliphatic heterocycles. The minimum atomic E-state index is 0. The lowest BCUT2D eigenvalue weighted by molar-refractivity contribution is 0.244. The van der Waals surface area contributed by atoms with Crippen molar-refractivity contribution in [1.82, 2.24) is 15.1 Å². The van der Waals surface area contributed by atoms with Crippen molar-refractivity contribution in [2.24, 2.45) is 10.9 Å². The van der Waals surface area contributed by atoms with E-state index in [0.29, 0.717) is 0 Å². The van der Waals surface area contributed by atoms with Crippen LogP contribution in [0.3, 0.4) is 0 Å². The highest BCUT2D eigenvalue weighted by molar-refractivity contribution is 14.0. The molecule has 1 aliphatic rings. The number of nitrogens with one attached hydrogen (secondary N) is 1. The molecule has 2 rings (SSSR count). The van der Waals surface area contributed by atoms with E-state index >= 15 is 0 Å². The van der Waals surface area contributed by atoms with Crippen molar-refractivity contribution in [3.63, 3.8) is 0 Å². The van der Waals surface area contributed by atoms with Crippen molar-refractivity contribution >= 4 is 29.9 Å². The SMILES string of the molecule is CN=C(NCC(c1ccco1)N(C)C)N1CCCC(C)C1.I. The average Bonchev–Trinajstić information content (AvgIpc) is 2.97. The third kappa shape index (κ3) is 5.15. The molecular weight excluding hydrogens is 391 g/mol. The van der Waals surface area contributed by atoms with Gasteiger partial charge in [0.15, 0.2) is 5.96 Å². The van der Waals surface area contributed by atoms with Gasteiger partial charge in [-0.05, 0) is 45.0 Å². The maximum absolute atomic E-state index is 5.55. The summed E-state index contributed by atoms with van der Waals surface area (Å²) in [5.74, 6) is 2.72. The van der Waals surface area contributed by atoms with E-state index in [-0.39, 0.29) is 30.0 Å². The Hall–Kier alpha value is -0.760. The van der Waals surface area contributed by atoms with E-state index in [1.807, 2.05) is 19.2 Å². The summed E-state index contributed by atoms with van der Waals surface area (Å²) in [5, 5.41) is 3.50. The Bertz CT molecular complexity index is 447. The summed E-state index contributed by atoms with van der Waals surface area (Å²) in [6.07, 6.45) is 4.30. The highest BCUT2D eigenvalue weighted by Gasteiger charge is 2.22. The first-order chi connectivity index (χ1) is 10.1. The first kappa shape index (κ1) is 19.3. The van der Waals surface area contributed by atoms with Crippen molar-refractivity contribution in [1.29, 1.82) is 0 Å². The van der Waals surface area contributed by atoms with Crippen LogP contribution in [-0.2, 0) is 0 Å². The Morgan fingerprint density at radius 1 is 1.55 bits per heavy atom. The van der Waals surface area contributed by atoms with E-state index in [0.717, 1.165) is 37.3 Å². The number of nitrogens with zero attached hydrogens (tertiary/aromatic N) is 3. The molecule has 0 spiro atoms. The minimum Gasteiger partial charge on any atom is -0.468 e. The molecule has 0 aromatic carbocycles. The topological polar surface area (TPSA) is 44.0 Å². The van der Waals surface area contributed by atoms with Crippen LogP contribution >= 0.6 is 24.0 Å². The molecule has 0 saturated carbocycles. The molecule has 1 fully saturated rings. The zero-order chi connectivity index (χ0) is 15.2. The number of piperidine rings is 1. The van der Waals surface area contributed by atoms with E-state index in [9.17, 15) is 0 Å². The van der Waals surface area contributed by atoms with Gasteiger partial charge in [0.2, 0.25) is 0 Å². The van der Waals surface area contributed by atoms with Crippen molar-refractivity contribution in [3.8, 4) is 0 Å². The summed E-state index contributed by atoms with van der Waals surface area (Å²) in [6.45, 7) is 5.29. The quantitative estimate of drug-likeness (QED) is 0.462. The van der Waals surface area contributed by atoms with Crippen LogP contribution in [-0.4, -0.2) is 56.5 Å². The molecule has 2 heterocycles. The Kier molecular flexibility index (Phi) is 8.24. The fourth-order valence-corrected chi connectivity index (χ4v) is 2.92. The third-order valence-corrected chi connectivity index (χ3v) is 4.12. The lowest BCUT2D eigenvalue weighted by Crippen LogP contribution is -2.48. The van der Waals surface area contributed by atoms with E-state index in [1.54, 1.807) is 6.26 Å². The molecule has 0 bridgehead atoms. The number of hydrogen-bond acceptors (Lipinski definition) is 3. The summed E-state index contributed by atoms with van der Waals surface area (Å²) in [4.78, 5) is 8.97. The maximum Gasteiger partial charge on any atom is 0.193 e. The minimum absolute atomic E-state index is 0. The number of hydrogen-bond donors (Lipinski definition) is 1. The Balaban J connectivity index is 0.00000242. The van der Waals surface area contributed by atoms with Gasteiger partial charge >= 0.3 is 0 Å². The van der Waals surface area contributed by atoms with E-state index in [4.69, 9.17) is 4.42 Å². The Morgan fingerprint density at radius 2 is 2.32 bits per heavy atom. The third-order valence-electron chi connectivity index (χ3n) is 4.12. The Morgan fingerprint density at radius 3 is 2.86 bits per heavy atom. The zero-order valence-electron chi connectivity index (χ0n) is 14.1. The maximum atomic E-state index is 5.55. The summed E-state index contributed by atoms with van der Waals surface area (Å²) < 4.78 is 5.55. The molecule has 0 aliphatic carbocycles. The molecule has 22 heavy (non-hydrogen) atoms. The molecule has 126 valence electrons. The number of rotatable bonds is 4. The van der Waals surface area contributed by atoms with Gasteiger partial charge in [-0.15, -0.1) is 24.0 Å². The first-order valence-electron chi connectivity index (χ1n) is 7.77. The monoisotopic (exact) mass is 420 g/mol. The van der Waals surface area contributed by atoms with Crippen LogP contribution in [0.5, 0.6) is 0 Å². The van der Waals surface area contributed by atoms with E-state index in [1.165, 1.54) is 12.8 Å². The fraction of sp³-hybridized carbons (Fsp3) is 0.688. The molecule has 2 atom stereocenters. The molecule has 1 aromatic heterocycles. The van der Waals surface area contributed by atoms with Gasteiger partial charge in [0, 0.05) is 26.7 Å². The summed E-state index contributed by atoms with van der Waals surface area (Å²) in [6, 6.07) is 4.17. The van der Waals surface area contributed by atoms with Crippen molar-refractivity contribution in [2.75, 3.05) is 40.8 Å². The second-order valence-corrected chi connectivity index (χ2v) is 6.12. The average molecular weight is 420 g/mol. The Labute approximate surface area is 151 Å². The van der Waals surface area contributed by atoms with Crippen molar-refractivity contribution in [3.05, 3.63) is 24.2 Å². The second-order valence-electron chi connectivity index (χ2n) is 6.12. The van der Waals surface area contributed by atoms with Crippen molar-refractivity contribution < 1.29 is 4.42 Å². The van der Waals surface area contributed by atoms with Crippen LogP contribution in [0.2, 0.25) is 0 Å². The van der Waals surface area contributed by atoms with Gasteiger partial charge in [0.25, 0.3) is 0 Å². The fourth-order valence-electron chi connectivity index (χ4n) is 2.92. The largest absolute Gasteiger partial charge is 0.468 e. The van der Waals surface area contributed by atoms with Gasteiger partial charge in [-0.25, -0.2) is 0 Å². The van der Waals surface area contributed by atoms with Gasteiger partial charge in [-0.2, -0.15) is 0 Å². The van der Waals surface area contributed by atoms with Crippen LogP contribution in [0.4, 0.5) is 0 Å². The van der Waals surface area contributed by atoms with Crippen molar-refractivity contribution in [2.45, 2.75) is 25.8 Å². The van der Waals surface area contributed by atoms with Crippen LogP contribution in [0.1, 0.15) is 31.6 Å². The van der Waals surface area contributed by atoms with Crippen LogP contribution < -0.4 is 5.32 Å². The number of halogens is 1. The van der Waals surface area contributed by atoms with Gasteiger partial charge in [-0.3, -0.25) is 9.89 Å². The van der Waals surface area contributed by atoms with Crippen LogP contribution in [0.15, 0.2) is 27.8 Å². The molecule has 1 aromatic rings. The molecule has 0 radical (unpaired) electrons. The predicted molar refractivity (Wildman–Crippen MR) is 102 cm³/mol. The number of likely N-dealkylation sites (tertiary alicyclic amines) is 1. The molecule has 2 unspecified atom stereocenters. The standard InChI is InChI=1S/C16H28N4O.HI/c1-13-7-5-9-20(12-13)16(17-2)18-11-14(19(3)4)15-8-6-10-21-15;/h6,8,10,13-14H,5,7,9,11-12H2,1-4H3,(H,17,18);1H. The molecule has 0 amide bonds. The predicted octanol–water partition coefficient (Wildman–Crippen LogP) is 2.81. The summed E-state index contributed by atoms with van der Waals surface area (Å²) in [5.41, 5.74) is 0. The van der Waals surface area contributed by atoms with Crippen LogP contribution in [0.25, 0.3) is 0 Å². The number of guanidine groups is 1. The van der Waals surface area contributed by atoms with Gasteiger partial charge in [-0.1, -0.05) is 6.92 Å². The zero-order valence-corrected chi connectivity index (χ0v) is 16.4.